The SMILES string of the molecule is CCCc1ccc(S(C)(C)C)cc1. The molecule has 0 atom stereocenters. The number of hydrogen-bond donors (Lipinski definition) is 0. The fraction of sp³-hybridized carbons (Fsp3) is 0.500. The van der Waals surface area contributed by atoms with Gasteiger partial charge >= 0.3 is 0 Å². The van der Waals surface area contributed by atoms with Crippen LogP contribution in [0.2, 0.25) is 0 Å². The average molecular weight is 196 g/mol. The molecule has 1 heteroatoms. The monoisotopic (exact) mass is 196 g/mol. The normalized spacial score (nSPS) is 12.9. The van der Waals surface area contributed by atoms with Crippen LogP contribution in [0, 0.1) is 0 Å². The van der Waals surface area contributed by atoms with E-state index in [0.29, 0.717) is 0 Å². The highest BCUT2D eigenvalue weighted by molar-refractivity contribution is 8.32. The van der Waals surface area contributed by atoms with Crippen molar-refractivity contribution in [1.29, 1.82) is 0 Å². The highest BCUT2D eigenvalue weighted by atomic mass is 32.3. The third-order valence-electron chi connectivity index (χ3n) is 2.17. The van der Waals surface area contributed by atoms with Crippen LogP contribution in [0.1, 0.15) is 18.9 Å². The van der Waals surface area contributed by atoms with Crippen molar-refractivity contribution < 1.29 is 0 Å². The van der Waals surface area contributed by atoms with Gasteiger partial charge in [0.25, 0.3) is 0 Å². The van der Waals surface area contributed by atoms with Crippen molar-refractivity contribution >= 4 is 10.0 Å². The summed E-state index contributed by atoms with van der Waals surface area (Å²) in [5, 5.41) is 0. The molecule has 0 spiro atoms. The van der Waals surface area contributed by atoms with E-state index < -0.39 is 10.0 Å². The fourth-order valence-electron chi connectivity index (χ4n) is 1.35. The zero-order valence-corrected chi connectivity index (χ0v) is 9.95. The molecule has 0 saturated heterocycles. The summed E-state index contributed by atoms with van der Waals surface area (Å²) in [6.07, 6.45) is 9.45. The van der Waals surface area contributed by atoms with Crippen LogP contribution < -0.4 is 0 Å². The van der Waals surface area contributed by atoms with Crippen LogP contribution in [0.5, 0.6) is 0 Å². The summed E-state index contributed by atoms with van der Waals surface area (Å²) >= 11 is 0. The van der Waals surface area contributed by atoms with Gasteiger partial charge in [-0.2, -0.15) is 0 Å². The Kier molecular flexibility index (Phi) is 3.43. The number of aryl methyl sites for hydroxylation is 1. The molecule has 0 unspecified atom stereocenters. The summed E-state index contributed by atoms with van der Waals surface area (Å²) in [4.78, 5) is 1.51. The third kappa shape index (κ3) is 3.07. The third-order valence-corrected chi connectivity index (χ3v) is 3.86. The number of hydrogen-bond acceptors (Lipinski definition) is 0. The Morgan fingerprint density at radius 2 is 1.54 bits per heavy atom. The molecule has 0 bridgehead atoms. The summed E-state index contributed by atoms with van der Waals surface area (Å²) in [5.41, 5.74) is 1.47. The predicted octanol–water partition coefficient (Wildman–Crippen LogP) is 3.69. The van der Waals surface area contributed by atoms with Gasteiger partial charge in [0.2, 0.25) is 0 Å². The molecule has 1 rings (SSSR count). The van der Waals surface area contributed by atoms with E-state index in [-0.39, 0.29) is 0 Å². The first-order chi connectivity index (χ1) is 6.04. The Balaban J connectivity index is 2.81. The molecular weight excluding hydrogens is 176 g/mol. The second-order valence-corrected chi connectivity index (χ2v) is 8.38. The molecule has 1 aromatic carbocycles. The molecule has 0 saturated carbocycles. The van der Waals surface area contributed by atoms with Gasteiger partial charge in [0.05, 0.1) is 0 Å². The second-order valence-electron chi connectivity index (χ2n) is 4.23. The first-order valence-electron chi connectivity index (χ1n) is 4.81. The maximum atomic E-state index is 2.34. The summed E-state index contributed by atoms with van der Waals surface area (Å²) in [6, 6.07) is 9.13. The van der Waals surface area contributed by atoms with Crippen molar-refractivity contribution in [3.63, 3.8) is 0 Å². The van der Waals surface area contributed by atoms with Crippen molar-refractivity contribution in [3.05, 3.63) is 29.8 Å². The molecule has 0 radical (unpaired) electrons. The molecule has 0 aliphatic carbocycles. The fourth-order valence-corrected chi connectivity index (χ4v) is 2.31. The summed E-state index contributed by atoms with van der Waals surface area (Å²) in [7, 11) is -0.535. The molecule has 0 aliphatic rings. The van der Waals surface area contributed by atoms with E-state index in [1.54, 1.807) is 0 Å². The Labute approximate surface area is 83.7 Å². The number of rotatable bonds is 3. The van der Waals surface area contributed by atoms with Gasteiger partial charge in [-0.3, -0.25) is 0 Å². The lowest BCUT2D eigenvalue weighted by molar-refractivity contribution is 0.920. The number of benzene rings is 1. The van der Waals surface area contributed by atoms with Gasteiger partial charge in [-0.15, -0.1) is 0 Å². The molecule has 0 heterocycles. The van der Waals surface area contributed by atoms with Gasteiger partial charge in [0.15, 0.2) is 0 Å². The summed E-state index contributed by atoms with van der Waals surface area (Å²) in [5.74, 6) is 0. The van der Waals surface area contributed by atoms with E-state index in [0.717, 1.165) is 0 Å². The highest BCUT2D eigenvalue weighted by Crippen LogP contribution is 2.44. The van der Waals surface area contributed by atoms with Gasteiger partial charge in [-0.05, 0) is 47.8 Å². The van der Waals surface area contributed by atoms with Crippen LogP contribution in [0.4, 0.5) is 0 Å². The lowest BCUT2D eigenvalue weighted by Gasteiger charge is -2.25. The highest BCUT2D eigenvalue weighted by Gasteiger charge is 2.06. The minimum Gasteiger partial charge on any atom is -0.223 e. The lowest BCUT2D eigenvalue weighted by atomic mass is 10.1. The molecular formula is C12H20S. The van der Waals surface area contributed by atoms with Crippen molar-refractivity contribution in [2.75, 3.05) is 18.8 Å². The predicted molar refractivity (Wildman–Crippen MR) is 64.1 cm³/mol. The topological polar surface area (TPSA) is 0 Å². The van der Waals surface area contributed by atoms with Crippen LogP contribution in [0.3, 0.4) is 0 Å². The van der Waals surface area contributed by atoms with E-state index in [9.17, 15) is 0 Å². The van der Waals surface area contributed by atoms with E-state index in [4.69, 9.17) is 0 Å². The van der Waals surface area contributed by atoms with E-state index >= 15 is 0 Å². The molecule has 1 aromatic rings. The standard InChI is InChI=1S/C12H20S/c1-5-6-11-7-9-12(10-8-11)13(2,3)4/h7-10H,5-6H2,1-4H3. The van der Waals surface area contributed by atoms with Gasteiger partial charge < -0.3 is 0 Å². The molecule has 0 aliphatic heterocycles. The Bertz CT molecular complexity index is 253. The van der Waals surface area contributed by atoms with Crippen molar-refractivity contribution in [3.8, 4) is 0 Å². The van der Waals surface area contributed by atoms with Gasteiger partial charge in [0.1, 0.15) is 0 Å². The first kappa shape index (κ1) is 10.6. The molecule has 74 valence electrons. The molecule has 0 nitrogen and oxygen atoms in total. The lowest BCUT2D eigenvalue weighted by Crippen LogP contribution is -1.93. The second kappa shape index (κ2) is 4.19. The molecule has 0 fully saturated rings. The first-order valence-corrected chi connectivity index (χ1v) is 7.67. The van der Waals surface area contributed by atoms with Crippen molar-refractivity contribution in [2.24, 2.45) is 0 Å². The largest absolute Gasteiger partial charge is 0.223 e. The summed E-state index contributed by atoms with van der Waals surface area (Å²) in [6.45, 7) is 2.23. The Morgan fingerprint density at radius 1 is 1.00 bits per heavy atom. The Morgan fingerprint density at radius 3 is 1.92 bits per heavy atom. The average Bonchev–Trinajstić information content (AvgIpc) is 2.04. The maximum absolute atomic E-state index is 2.34. The van der Waals surface area contributed by atoms with Crippen LogP contribution in [0.15, 0.2) is 29.2 Å². The van der Waals surface area contributed by atoms with E-state index in [2.05, 4.69) is 50.0 Å². The Hall–Kier alpha value is -0.430. The van der Waals surface area contributed by atoms with Crippen LogP contribution in [0.25, 0.3) is 0 Å². The molecule has 0 aromatic heterocycles. The van der Waals surface area contributed by atoms with Gasteiger partial charge in [-0.1, -0.05) is 25.5 Å². The molecule has 0 amide bonds. The zero-order valence-electron chi connectivity index (χ0n) is 9.13. The van der Waals surface area contributed by atoms with E-state index in [1.165, 1.54) is 23.3 Å². The van der Waals surface area contributed by atoms with Crippen LogP contribution in [-0.4, -0.2) is 18.8 Å². The summed E-state index contributed by atoms with van der Waals surface area (Å²) < 4.78 is 0. The minimum atomic E-state index is -0.535. The van der Waals surface area contributed by atoms with Gasteiger partial charge in [-0.25, -0.2) is 10.0 Å². The molecule has 13 heavy (non-hydrogen) atoms. The molecule has 0 N–H and O–H groups in total. The zero-order chi connectivity index (χ0) is 9.90. The minimum absolute atomic E-state index is 0.535. The quantitative estimate of drug-likeness (QED) is 0.691. The van der Waals surface area contributed by atoms with Crippen molar-refractivity contribution in [1.82, 2.24) is 0 Å². The van der Waals surface area contributed by atoms with Crippen molar-refractivity contribution in [2.45, 2.75) is 24.7 Å². The van der Waals surface area contributed by atoms with E-state index in [1.807, 2.05) is 0 Å². The smallest absolute Gasteiger partial charge is 0.0106 e. The maximum Gasteiger partial charge on any atom is -0.0106 e. The van der Waals surface area contributed by atoms with Crippen LogP contribution in [-0.2, 0) is 6.42 Å². The van der Waals surface area contributed by atoms with Crippen LogP contribution >= 0.6 is 10.0 Å². The van der Waals surface area contributed by atoms with Gasteiger partial charge in [0, 0.05) is 0 Å².